The van der Waals surface area contributed by atoms with Crippen molar-refractivity contribution in [1.82, 2.24) is 5.32 Å². The third kappa shape index (κ3) is 5.70. The molecule has 5 heteroatoms. The van der Waals surface area contributed by atoms with Crippen LogP contribution in [0.25, 0.3) is 0 Å². The fourth-order valence-electron chi connectivity index (χ4n) is 2.12. The molecule has 1 rings (SSSR count). The van der Waals surface area contributed by atoms with Crippen LogP contribution in [-0.2, 0) is 4.74 Å². The molecule has 1 aliphatic rings. The summed E-state index contributed by atoms with van der Waals surface area (Å²) in [6, 6.07) is 0. The highest BCUT2D eigenvalue weighted by Crippen LogP contribution is 2.27. The molecule has 0 spiro atoms. The third-order valence-corrected chi connectivity index (χ3v) is 3.02. The normalized spacial score (nSPS) is 21.0. The molecule has 0 unspecified atom stereocenters. The van der Waals surface area contributed by atoms with Crippen LogP contribution in [0.15, 0.2) is 0 Å². The Morgan fingerprint density at radius 2 is 1.81 bits per heavy atom. The van der Waals surface area contributed by atoms with E-state index in [0.717, 1.165) is 12.8 Å². The van der Waals surface area contributed by atoms with Crippen molar-refractivity contribution in [2.45, 2.75) is 50.7 Å². The maximum Gasteiger partial charge on any atom is 0.411 e. The van der Waals surface area contributed by atoms with E-state index in [1.807, 2.05) is 0 Å². The minimum Gasteiger partial charge on any atom is -0.371 e. The summed E-state index contributed by atoms with van der Waals surface area (Å²) in [6.07, 6.45) is 1.66. The van der Waals surface area contributed by atoms with Crippen molar-refractivity contribution in [1.29, 1.82) is 0 Å². The first kappa shape index (κ1) is 13.8. The lowest BCUT2D eigenvalue weighted by Gasteiger charge is -2.34. The number of hydrogen-bond donors (Lipinski definition) is 1. The highest BCUT2D eigenvalue weighted by Gasteiger charge is 2.28. The second-order valence-electron chi connectivity index (χ2n) is 4.72. The zero-order chi connectivity index (χ0) is 12.1. The van der Waals surface area contributed by atoms with Gasteiger partial charge < -0.3 is 10.1 Å². The minimum atomic E-state index is -4.21. The number of ether oxygens (including phenoxy) is 1. The molecule has 0 aromatic rings. The fraction of sp³-hybridized carbons (Fsp3) is 1.00. The molecule has 0 aromatic heterocycles. The van der Waals surface area contributed by atoms with E-state index < -0.39 is 12.8 Å². The lowest BCUT2D eigenvalue weighted by Crippen LogP contribution is -2.45. The maximum absolute atomic E-state index is 11.8. The Bertz CT molecular complexity index is 200. The topological polar surface area (TPSA) is 21.3 Å². The molecule has 1 fully saturated rings. The van der Waals surface area contributed by atoms with Crippen molar-refractivity contribution < 1.29 is 17.9 Å². The lowest BCUT2D eigenvalue weighted by molar-refractivity contribution is -0.173. The lowest BCUT2D eigenvalue weighted by atomic mass is 9.83. The van der Waals surface area contributed by atoms with E-state index in [-0.39, 0.29) is 12.1 Å². The molecule has 16 heavy (non-hydrogen) atoms. The van der Waals surface area contributed by atoms with Crippen molar-refractivity contribution in [2.24, 2.45) is 0 Å². The van der Waals surface area contributed by atoms with Gasteiger partial charge in [-0.15, -0.1) is 0 Å². The number of nitrogens with one attached hydrogen (secondary N) is 1. The molecular weight excluding hydrogens is 219 g/mol. The van der Waals surface area contributed by atoms with Crippen LogP contribution in [0.2, 0.25) is 0 Å². The third-order valence-electron chi connectivity index (χ3n) is 3.02. The molecule has 96 valence electrons. The van der Waals surface area contributed by atoms with Crippen LogP contribution in [0.3, 0.4) is 0 Å². The standard InChI is InChI=1S/C11H20F3NO/c1-10(5-3-2-4-6-10)15-7-8-16-9-11(12,13)14/h15H,2-9H2,1H3. The first-order chi connectivity index (χ1) is 7.41. The largest absolute Gasteiger partial charge is 0.411 e. The smallest absolute Gasteiger partial charge is 0.371 e. The first-order valence-corrected chi connectivity index (χ1v) is 5.81. The molecule has 0 bridgehead atoms. The van der Waals surface area contributed by atoms with E-state index in [9.17, 15) is 13.2 Å². The van der Waals surface area contributed by atoms with Gasteiger partial charge in [0.15, 0.2) is 0 Å². The van der Waals surface area contributed by atoms with E-state index in [2.05, 4.69) is 17.0 Å². The molecule has 0 aromatic carbocycles. The second-order valence-corrected chi connectivity index (χ2v) is 4.72. The molecule has 0 saturated heterocycles. The number of halogens is 3. The van der Waals surface area contributed by atoms with Gasteiger partial charge in [0.05, 0.1) is 6.61 Å². The van der Waals surface area contributed by atoms with Gasteiger partial charge in [-0.3, -0.25) is 0 Å². The van der Waals surface area contributed by atoms with Crippen molar-refractivity contribution in [3.8, 4) is 0 Å². The van der Waals surface area contributed by atoms with Gasteiger partial charge in [0.2, 0.25) is 0 Å². The van der Waals surface area contributed by atoms with E-state index in [4.69, 9.17) is 0 Å². The van der Waals surface area contributed by atoms with Crippen molar-refractivity contribution in [3.05, 3.63) is 0 Å². The molecule has 2 nitrogen and oxygen atoms in total. The van der Waals surface area contributed by atoms with Crippen molar-refractivity contribution in [3.63, 3.8) is 0 Å². The predicted octanol–water partition coefficient (Wildman–Crippen LogP) is 2.88. The summed E-state index contributed by atoms with van der Waals surface area (Å²) in [6.45, 7) is 1.60. The summed E-state index contributed by atoms with van der Waals surface area (Å²) >= 11 is 0. The van der Waals surface area contributed by atoms with Crippen LogP contribution in [0, 0.1) is 0 Å². The van der Waals surface area contributed by atoms with E-state index in [0.29, 0.717) is 6.54 Å². The van der Waals surface area contributed by atoms with Crippen LogP contribution < -0.4 is 5.32 Å². The SMILES string of the molecule is CC1(NCCOCC(F)(F)F)CCCCC1. The molecule has 0 radical (unpaired) electrons. The Labute approximate surface area is 94.5 Å². The van der Waals surface area contributed by atoms with Gasteiger partial charge in [0.25, 0.3) is 0 Å². The molecule has 1 N–H and O–H groups in total. The molecule has 1 aliphatic carbocycles. The van der Waals surface area contributed by atoms with E-state index in [1.54, 1.807) is 0 Å². The van der Waals surface area contributed by atoms with Gasteiger partial charge in [-0.05, 0) is 19.8 Å². The van der Waals surface area contributed by atoms with Crippen molar-refractivity contribution >= 4 is 0 Å². The average molecular weight is 239 g/mol. The molecular formula is C11H20F3NO. The van der Waals surface area contributed by atoms with E-state index in [1.165, 1.54) is 19.3 Å². The van der Waals surface area contributed by atoms with Crippen LogP contribution in [0.1, 0.15) is 39.0 Å². The summed E-state index contributed by atoms with van der Waals surface area (Å²) < 4.78 is 39.8. The minimum absolute atomic E-state index is 0.0971. The van der Waals surface area contributed by atoms with E-state index >= 15 is 0 Å². The average Bonchev–Trinajstić information content (AvgIpc) is 2.16. The molecule has 0 amide bonds. The van der Waals surface area contributed by atoms with Gasteiger partial charge in [-0.25, -0.2) is 0 Å². The molecule has 0 atom stereocenters. The Kier molecular flexibility index (Phi) is 5.05. The maximum atomic E-state index is 11.8. The van der Waals surface area contributed by atoms with Gasteiger partial charge in [0, 0.05) is 12.1 Å². The summed E-state index contributed by atoms with van der Waals surface area (Å²) in [5.74, 6) is 0. The summed E-state index contributed by atoms with van der Waals surface area (Å²) in [4.78, 5) is 0. The monoisotopic (exact) mass is 239 g/mol. The Morgan fingerprint density at radius 3 is 2.38 bits per heavy atom. The summed E-state index contributed by atoms with van der Waals surface area (Å²) in [5.41, 5.74) is 0.0971. The van der Waals surface area contributed by atoms with Crippen LogP contribution in [0.5, 0.6) is 0 Å². The Balaban J connectivity index is 2.06. The molecule has 0 heterocycles. The van der Waals surface area contributed by atoms with Gasteiger partial charge in [-0.1, -0.05) is 19.3 Å². The zero-order valence-electron chi connectivity index (χ0n) is 9.70. The summed E-state index contributed by atoms with van der Waals surface area (Å²) in [5, 5.41) is 3.29. The highest BCUT2D eigenvalue weighted by molar-refractivity contribution is 4.85. The van der Waals surface area contributed by atoms with Gasteiger partial charge >= 0.3 is 6.18 Å². The van der Waals surface area contributed by atoms with Crippen LogP contribution in [0.4, 0.5) is 13.2 Å². The Hall–Kier alpha value is -0.290. The number of rotatable bonds is 5. The predicted molar refractivity (Wildman–Crippen MR) is 56.4 cm³/mol. The Morgan fingerprint density at radius 1 is 1.19 bits per heavy atom. The quantitative estimate of drug-likeness (QED) is 0.745. The van der Waals surface area contributed by atoms with Crippen molar-refractivity contribution in [2.75, 3.05) is 19.8 Å². The summed E-state index contributed by atoms with van der Waals surface area (Å²) in [7, 11) is 0. The zero-order valence-corrected chi connectivity index (χ0v) is 9.70. The first-order valence-electron chi connectivity index (χ1n) is 5.81. The molecule has 0 aliphatic heterocycles. The second kappa shape index (κ2) is 5.87. The highest BCUT2D eigenvalue weighted by atomic mass is 19.4. The van der Waals surface area contributed by atoms with Crippen LogP contribution >= 0.6 is 0 Å². The van der Waals surface area contributed by atoms with Gasteiger partial charge in [-0.2, -0.15) is 13.2 Å². The van der Waals surface area contributed by atoms with Crippen LogP contribution in [-0.4, -0.2) is 31.5 Å². The fourth-order valence-corrected chi connectivity index (χ4v) is 2.12. The van der Waals surface area contributed by atoms with Gasteiger partial charge in [0.1, 0.15) is 6.61 Å². The number of alkyl halides is 3. The molecule has 1 saturated carbocycles. The number of hydrogen-bond acceptors (Lipinski definition) is 2.